The van der Waals surface area contributed by atoms with Crippen LogP contribution in [0.2, 0.25) is 0 Å². The predicted octanol–water partition coefficient (Wildman–Crippen LogP) is 4.16. The van der Waals surface area contributed by atoms with Crippen LogP contribution in [0.25, 0.3) is 0 Å². The van der Waals surface area contributed by atoms with E-state index in [9.17, 15) is 4.79 Å². The molecule has 0 bridgehead atoms. The smallest absolute Gasteiger partial charge is 0.234 e. The highest BCUT2D eigenvalue weighted by atomic mass is 16.2. The number of amides is 1. The van der Waals surface area contributed by atoms with E-state index in [-0.39, 0.29) is 11.8 Å². The summed E-state index contributed by atoms with van der Waals surface area (Å²) in [5.41, 5.74) is 3.51. The maximum Gasteiger partial charge on any atom is 0.234 e. The second-order valence-electron chi connectivity index (χ2n) is 5.59. The molecule has 0 saturated heterocycles. The maximum absolute atomic E-state index is 13.0. The van der Waals surface area contributed by atoms with E-state index < -0.39 is 0 Å². The number of anilines is 1. The Bertz CT molecular complexity index is 620. The second-order valence-corrected chi connectivity index (χ2v) is 5.59. The lowest BCUT2D eigenvalue weighted by Gasteiger charge is -2.32. The lowest BCUT2D eigenvalue weighted by atomic mass is 9.93. The molecule has 0 N–H and O–H groups in total. The zero-order valence-corrected chi connectivity index (χ0v) is 12.5. The van der Waals surface area contributed by atoms with Crippen LogP contribution in [-0.4, -0.2) is 12.5 Å². The zero-order chi connectivity index (χ0) is 14.7. The molecule has 1 atom stereocenters. The minimum absolute atomic E-state index is 0.0441. The van der Waals surface area contributed by atoms with Crippen molar-refractivity contribution >= 4 is 11.6 Å². The lowest BCUT2D eigenvalue weighted by molar-refractivity contribution is -0.120. The largest absolute Gasteiger partial charge is 0.312 e. The Hall–Kier alpha value is -2.09. The Morgan fingerprint density at radius 1 is 1.10 bits per heavy atom. The number of rotatable bonds is 3. The van der Waals surface area contributed by atoms with Crippen molar-refractivity contribution in [3.05, 3.63) is 65.7 Å². The summed E-state index contributed by atoms with van der Waals surface area (Å²) in [5.74, 6) is 0.188. The van der Waals surface area contributed by atoms with Gasteiger partial charge in [-0.2, -0.15) is 0 Å². The third-order valence-corrected chi connectivity index (χ3v) is 4.28. The standard InChI is InChI=1S/C19H21NO/c1-2-17(15-9-4-3-5-10-15)19(21)20-14-8-12-16-11-6-7-13-18(16)20/h3-7,9-11,13,17H,2,8,12,14H2,1H3/t17-/m1/s1. The topological polar surface area (TPSA) is 20.3 Å². The fraction of sp³-hybridized carbons (Fsp3) is 0.316. The molecule has 0 radical (unpaired) electrons. The quantitative estimate of drug-likeness (QED) is 0.826. The Morgan fingerprint density at radius 2 is 1.81 bits per heavy atom. The van der Waals surface area contributed by atoms with Crippen LogP contribution in [0, 0.1) is 0 Å². The van der Waals surface area contributed by atoms with Crippen molar-refractivity contribution in [2.45, 2.75) is 32.1 Å². The Kier molecular flexibility index (Phi) is 4.05. The summed E-state index contributed by atoms with van der Waals surface area (Å²) in [7, 11) is 0. The van der Waals surface area contributed by atoms with Gasteiger partial charge in [-0.3, -0.25) is 4.79 Å². The lowest BCUT2D eigenvalue weighted by Crippen LogP contribution is -2.38. The van der Waals surface area contributed by atoms with Crippen molar-refractivity contribution < 1.29 is 4.79 Å². The molecule has 3 rings (SSSR count). The predicted molar refractivity (Wildman–Crippen MR) is 86.6 cm³/mol. The molecule has 21 heavy (non-hydrogen) atoms. The first kappa shape index (κ1) is 13.9. The van der Waals surface area contributed by atoms with E-state index in [1.54, 1.807) is 0 Å². The van der Waals surface area contributed by atoms with Crippen molar-refractivity contribution in [3.8, 4) is 0 Å². The van der Waals surface area contributed by atoms with E-state index >= 15 is 0 Å². The first-order valence-electron chi connectivity index (χ1n) is 7.75. The van der Waals surface area contributed by atoms with Gasteiger partial charge in [0, 0.05) is 12.2 Å². The third-order valence-electron chi connectivity index (χ3n) is 4.28. The number of aryl methyl sites for hydroxylation is 1. The van der Waals surface area contributed by atoms with E-state index in [2.05, 4.69) is 37.3 Å². The number of hydrogen-bond donors (Lipinski definition) is 0. The SMILES string of the molecule is CC[C@@H](C(=O)N1CCCc2ccccc21)c1ccccc1. The molecular weight excluding hydrogens is 258 g/mol. The second kappa shape index (κ2) is 6.13. The van der Waals surface area contributed by atoms with Crippen LogP contribution in [0.5, 0.6) is 0 Å². The minimum atomic E-state index is -0.0441. The molecule has 1 aliphatic heterocycles. The normalized spacial score (nSPS) is 15.4. The monoisotopic (exact) mass is 279 g/mol. The molecule has 0 spiro atoms. The number of hydrogen-bond acceptors (Lipinski definition) is 1. The summed E-state index contributed by atoms with van der Waals surface area (Å²) in [6, 6.07) is 18.4. The van der Waals surface area contributed by atoms with Crippen LogP contribution in [0.4, 0.5) is 5.69 Å². The van der Waals surface area contributed by atoms with E-state index in [4.69, 9.17) is 0 Å². The molecule has 0 saturated carbocycles. The number of fused-ring (bicyclic) bond motifs is 1. The van der Waals surface area contributed by atoms with Gasteiger partial charge < -0.3 is 4.90 Å². The summed E-state index contributed by atoms with van der Waals surface area (Å²) < 4.78 is 0. The van der Waals surface area contributed by atoms with Crippen LogP contribution >= 0.6 is 0 Å². The molecule has 1 heterocycles. The Balaban J connectivity index is 1.92. The summed E-state index contributed by atoms with van der Waals surface area (Å²) in [5, 5.41) is 0. The van der Waals surface area contributed by atoms with E-state index in [1.807, 2.05) is 29.2 Å². The van der Waals surface area contributed by atoms with Crippen molar-refractivity contribution in [3.63, 3.8) is 0 Å². The molecular formula is C19H21NO. The number of carbonyl (C=O) groups excluding carboxylic acids is 1. The number of para-hydroxylation sites is 1. The molecule has 2 nitrogen and oxygen atoms in total. The van der Waals surface area contributed by atoms with Crippen LogP contribution in [0.15, 0.2) is 54.6 Å². The minimum Gasteiger partial charge on any atom is -0.312 e. The van der Waals surface area contributed by atoms with Gasteiger partial charge in [0.05, 0.1) is 5.92 Å². The summed E-state index contributed by atoms with van der Waals surface area (Å²) in [6.07, 6.45) is 2.96. The van der Waals surface area contributed by atoms with Gasteiger partial charge in [0.1, 0.15) is 0 Å². The highest BCUT2D eigenvalue weighted by Gasteiger charge is 2.28. The van der Waals surface area contributed by atoms with Crippen LogP contribution < -0.4 is 4.90 Å². The Morgan fingerprint density at radius 3 is 2.57 bits per heavy atom. The molecule has 108 valence electrons. The average molecular weight is 279 g/mol. The zero-order valence-electron chi connectivity index (χ0n) is 12.5. The first-order chi connectivity index (χ1) is 10.3. The first-order valence-corrected chi connectivity index (χ1v) is 7.75. The summed E-state index contributed by atoms with van der Waals surface area (Å²) >= 11 is 0. The fourth-order valence-corrected chi connectivity index (χ4v) is 3.19. The number of benzene rings is 2. The molecule has 0 unspecified atom stereocenters. The van der Waals surface area contributed by atoms with Gasteiger partial charge in [-0.15, -0.1) is 0 Å². The van der Waals surface area contributed by atoms with Crippen LogP contribution in [-0.2, 0) is 11.2 Å². The van der Waals surface area contributed by atoms with Crippen LogP contribution in [0.1, 0.15) is 36.8 Å². The van der Waals surface area contributed by atoms with Crippen molar-refractivity contribution in [1.82, 2.24) is 0 Å². The summed E-state index contributed by atoms with van der Waals surface area (Å²) in [6.45, 7) is 2.92. The average Bonchev–Trinajstić information content (AvgIpc) is 2.56. The molecule has 0 aliphatic carbocycles. The van der Waals surface area contributed by atoms with Gasteiger partial charge in [-0.25, -0.2) is 0 Å². The molecule has 0 fully saturated rings. The van der Waals surface area contributed by atoms with Gasteiger partial charge in [0.15, 0.2) is 0 Å². The van der Waals surface area contributed by atoms with Gasteiger partial charge >= 0.3 is 0 Å². The van der Waals surface area contributed by atoms with Crippen molar-refractivity contribution in [2.75, 3.05) is 11.4 Å². The highest BCUT2D eigenvalue weighted by Crippen LogP contribution is 2.31. The van der Waals surface area contributed by atoms with Crippen molar-refractivity contribution in [1.29, 1.82) is 0 Å². The molecule has 2 aromatic carbocycles. The van der Waals surface area contributed by atoms with Crippen LogP contribution in [0.3, 0.4) is 0 Å². The van der Waals surface area contributed by atoms with E-state index in [1.165, 1.54) is 5.56 Å². The molecule has 1 amide bonds. The summed E-state index contributed by atoms with van der Waals surface area (Å²) in [4.78, 5) is 15.0. The molecule has 2 heteroatoms. The third kappa shape index (κ3) is 2.71. The number of nitrogens with zero attached hydrogens (tertiary/aromatic N) is 1. The molecule has 2 aromatic rings. The van der Waals surface area contributed by atoms with Gasteiger partial charge in [0.2, 0.25) is 5.91 Å². The molecule has 1 aliphatic rings. The van der Waals surface area contributed by atoms with Gasteiger partial charge in [-0.05, 0) is 36.5 Å². The fourth-order valence-electron chi connectivity index (χ4n) is 3.19. The van der Waals surface area contributed by atoms with Gasteiger partial charge in [-0.1, -0.05) is 55.5 Å². The van der Waals surface area contributed by atoms with E-state index in [0.717, 1.165) is 37.1 Å². The highest BCUT2D eigenvalue weighted by molar-refractivity contribution is 5.99. The van der Waals surface area contributed by atoms with E-state index in [0.29, 0.717) is 0 Å². The maximum atomic E-state index is 13.0. The molecule has 0 aromatic heterocycles. The van der Waals surface area contributed by atoms with Crippen molar-refractivity contribution in [2.24, 2.45) is 0 Å². The number of carbonyl (C=O) groups is 1. The van der Waals surface area contributed by atoms with Gasteiger partial charge in [0.25, 0.3) is 0 Å². The Labute approximate surface area is 126 Å².